The lowest BCUT2D eigenvalue weighted by Gasteiger charge is -2.07. The van der Waals surface area contributed by atoms with E-state index in [9.17, 15) is 13.2 Å². The molecule has 2 aromatic carbocycles. The molecule has 0 bridgehead atoms. The first-order valence-corrected chi connectivity index (χ1v) is 9.86. The van der Waals surface area contributed by atoms with E-state index in [2.05, 4.69) is 26.3 Å². The van der Waals surface area contributed by atoms with Crippen LogP contribution in [-0.2, 0) is 16.6 Å². The summed E-state index contributed by atoms with van der Waals surface area (Å²) in [4.78, 5) is 12.3. The predicted octanol–water partition coefficient (Wildman–Crippen LogP) is 2.59. The molecule has 3 rings (SSSR count). The number of halogens is 1. The number of aromatic nitrogens is 2. The van der Waals surface area contributed by atoms with Crippen molar-refractivity contribution in [3.63, 3.8) is 0 Å². The van der Waals surface area contributed by atoms with Crippen molar-refractivity contribution in [1.29, 1.82) is 0 Å². The first-order valence-electron chi connectivity index (χ1n) is 7.52. The maximum Gasteiger partial charge on any atom is 0.255 e. The molecule has 0 radical (unpaired) electrons. The van der Waals surface area contributed by atoms with Crippen molar-refractivity contribution < 1.29 is 13.2 Å². The molecule has 0 aliphatic rings. The van der Waals surface area contributed by atoms with Gasteiger partial charge in [-0.15, -0.1) is 0 Å². The molecule has 0 atom stereocenters. The molecule has 0 unspecified atom stereocenters. The molecule has 1 amide bonds. The number of rotatable bonds is 5. The Balaban J connectivity index is 1.66. The quantitative estimate of drug-likeness (QED) is 0.643. The first-order chi connectivity index (χ1) is 12.3. The molecule has 9 heteroatoms. The minimum Gasteiger partial charge on any atom is -0.322 e. The maximum atomic E-state index is 12.3. The fourth-order valence-electron chi connectivity index (χ4n) is 2.30. The van der Waals surface area contributed by atoms with Crippen LogP contribution in [0.15, 0.2) is 70.3 Å². The van der Waals surface area contributed by atoms with Crippen molar-refractivity contribution in [3.8, 4) is 0 Å². The summed E-state index contributed by atoms with van der Waals surface area (Å²) in [5.74, 6) is -0.290. The number of benzene rings is 2. The fourth-order valence-corrected chi connectivity index (χ4v) is 3.15. The topological polar surface area (TPSA) is 107 Å². The fraction of sp³-hybridized carbons (Fsp3) is 0.0588. The van der Waals surface area contributed by atoms with Gasteiger partial charge in [-0.05, 0) is 57.9 Å². The second-order valence-corrected chi connectivity index (χ2v) is 8.05. The molecular formula is C17H15BrN4O3S. The first kappa shape index (κ1) is 18.3. The zero-order chi connectivity index (χ0) is 18.7. The maximum absolute atomic E-state index is 12.3. The molecule has 3 aromatic rings. The van der Waals surface area contributed by atoms with Gasteiger partial charge >= 0.3 is 0 Å². The minimum atomic E-state index is -3.75. The van der Waals surface area contributed by atoms with Crippen LogP contribution < -0.4 is 10.5 Å². The van der Waals surface area contributed by atoms with Crippen LogP contribution in [0.25, 0.3) is 0 Å². The molecule has 0 spiro atoms. The van der Waals surface area contributed by atoms with Crippen molar-refractivity contribution in [1.82, 2.24) is 9.78 Å². The normalized spacial score (nSPS) is 11.3. The smallest absolute Gasteiger partial charge is 0.255 e. The number of carbonyl (C=O) groups excluding carboxylic acids is 1. The second kappa shape index (κ2) is 7.40. The Morgan fingerprint density at radius 3 is 2.31 bits per heavy atom. The third-order valence-corrected chi connectivity index (χ3v) is 4.94. The van der Waals surface area contributed by atoms with Gasteiger partial charge in [-0.3, -0.25) is 9.48 Å². The summed E-state index contributed by atoms with van der Waals surface area (Å²) >= 11 is 3.35. The number of nitrogens with two attached hydrogens (primary N) is 1. The van der Waals surface area contributed by atoms with Crippen molar-refractivity contribution >= 4 is 37.5 Å². The molecular weight excluding hydrogens is 420 g/mol. The third kappa shape index (κ3) is 4.57. The molecule has 3 N–H and O–H groups in total. The Labute approximate surface area is 159 Å². The highest BCUT2D eigenvalue weighted by Gasteiger charge is 2.09. The number of amides is 1. The van der Waals surface area contributed by atoms with E-state index in [-0.39, 0.29) is 10.8 Å². The highest BCUT2D eigenvalue weighted by atomic mass is 79.9. The SMILES string of the molecule is NS(=O)(=O)c1ccc(NC(=O)c2ccc(Cn3cc(Br)cn3)cc2)cc1. The summed E-state index contributed by atoms with van der Waals surface area (Å²) in [6.07, 6.45) is 3.58. The van der Waals surface area contributed by atoms with Crippen LogP contribution in [0, 0.1) is 0 Å². The Hall–Kier alpha value is -2.49. The van der Waals surface area contributed by atoms with Gasteiger partial charge in [-0.1, -0.05) is 12.1 Å². The van der Waals surface area contributed by atoms with E-state index in [0.29, 0.717) is 17.8 Å². The molecule has 7 nitrogen and oxygen atoms in total. The average molecular weight is 435 g/mol. The summed E-state index contributed by atoms with van der Waals surface area (Å²) in [6.45, 7) is 0.600. The van der Waals surface area contributed by atoms with Crippen molar-refractivity contribution in [2.75, 3.05) is 5.32 Å². The Bertz CT molecular complexity index is 1030. The molecule has 1 aromatic heterocycles. The van der Waals surface area contributed by atoms with Crippen molar-refractivity contribution in [3.05, 3.63) is 76.5 Å². The minimum absolute atomic E-state index is 0.00916. The van der Waals surface area contributed by atoms with Gasteiger partial charge in [-0.25, -0.2) is 13.6 Å². The van der Waals surface area contributed by atoms with Crippen LogP contribution in [0.2, 0.25) is 0 Å². The van der Waals surface area contributed by atoms with E-state index in [1.807, 2.05) is 18.3 Å². The highest BCUT2D eigenvalue weighted by molar-refractivity contribution is 9.10. The summed E-state index contributed by atoms with van der Waals surface area (Å²) in [7, 11) is -3.75. The Morgan fingerprint density at radius 1 is 1.12 bits per heavy atom. The standard InChI is InChI=1S/C17H15BrN4O3S/c18-14-9-20-22(11-14)10-12-1-3-13(4-2-12)17(23)21-15-5-7-16(8-6-15)26(19,24)25/h1-9,11H,10H2,(H,21,23)(H2,19,24,25). The average Bonchev–Trinajstić information content (AvgIpc) is 3.00. The van der Waals surface area contributed by atoms with Crippen LogP contribution in [0.5, 0.6) is 0 Å². The van der Waals surface area contributed by atoms with Gasteiger partial charge in [0.05, 0.1) is 22.1 Å². The number of carbonyl (C=O) groups is 1. The summed E-state index contributed by atoms with van der Waals surface area (Å²) in [6, 6.07) is 12.8. The largest absolute Gasteiger partial charge is 0.322 e. The summed E-state index contributed by atoms with van der Waals surface area (Å²) < 4.78 is 25.2. The number of hydrogen-bond donors (Lipinski definition) is 2. The number of nitrogens with one attached hydrogen (secondary N) is 1. The van der Waals surface area contributed by atoms with E-state index in [4.69, 9.17) is 5.14 Å². The van der Waals surface area contributed by atoms with Crippen LogP contribution in [-0.4, -0.2) is 24.1 Å². The number of nitrogens with zero attached hydrogens (tertiary/aromatic N) is 2. The predicted molar refractivity (Wildman–Crippen MR) is 101 cm³/mol. The third-order valence-electron chi connectivity index (χ3n) is 3.60. The monoisotopic (exact) mass is 434 g/mol. The lowest BCUT2D eigenvalue weighted by molar-refractivity contribution is 0.102. The second-order valence-electron chi connectivity index (χ2n) is 5.58. The van der Waals surface area contributed by atoms with E-state index in [1.54, 1.807) is 23.0 Å². The van der Waals surface area contributed by atoms with E-state index < -0.39 is 10.0 Å². The van der Waals surface area contributed by atoms with Gasteiger partial charge in [0.2, 0.25) is 10.0 Å². The van der Waals surface area contributed by atoms with Gasteiger partial charge in [0.25, 0.3) is 5.91 Å². The number of sulfonamides is 1. The van der Waals surface area contributed by atoms with Gasteiger partial charge < -0.3 is 5.32 Å². The number of anilines is 1. The van der Waals surface area contributed by atoms with Crippen molar-refractivity contribution in [2.24, 2.45) is 5.14 Å². The van der Waals surface area contributed by atoms with E-state index in [0.717, 1.165) is 10.0 Å². The Kier molecular flexibility index (Phi) is 5.21. The zero-order valence-electron chi connectivity index (χ0n) is 13.5. The van der Waals surface area contributed by atoms with Gasteiger partial charge in [0.1, 0.15) is 0 Å². The molecule has 0 saturated carbocycles. The lowest BCUT2D eigenvalue weighted by Crippen LogP contribution is -2.14. The molecule has 1 heterocycles. The Morgan fingerprint density at radius 2 is 1.77 bits per heavy atom. The molecule has 134 valence electrons. The zero-order valence-corrected chi connectivity index (χ0v) is 15.9. The van der Waals surface area contributed by atoms with Gasteiger partial charge in [-0.2, -0.15) is 5.10 Å². The number of hydrogen-bond acceptors (Lipinski definition) is 4. The van der Waals surface area contributed by atoms with Gasteiger partial charge in [0, 0.05) is 17.4 Å². The molecule has 0 fully saturated rings. The van der Waals surface area contributed by atoms with Gasteiger partial charge in [0.15, 0.2) is 0 Å². The van der Waals surface area contributed by atoms with Crippen LogP contribution in [0.3, 0.4) is 0 Å². The van der Waals surface area contributed by atoms with Crippen LogP contribution >= 0.6 is 15.9 Å². The lowest BCUT2D eigenvalue weighted by atomic mass is 10.1. The molecule has 0 aliphatic carbocycles. The molecule has 26 heavy (non-hydrogen) atoms. The van der Waals surface area contributed by atoms with Crippen LogP contribution in [0.1, 0.15) is 15.9 Å². The summed E-state index contributed by atoms with van der Waals surface area (Å²) in [5, 5.41) is 11.9. The number of primary sulfonamides is 1. The molecule has 0 aliphatic heterocycles. The summed E-state index contributed by atoms with van der Waals surface area (Å²) in [5.41, 5.74) is 1.98. The van der Waals surface area contributed by atoms with Crippen molar-refractivity contribution in [2.45, 2.75) is 11.4 Å². The highest BCUT2D eigenvalue weighted by Crippen LogP contribution is 2.15. The van der Waals surface area contributed by atoms with E-state index in [1.165, 1.54) is 24.3 Å². The molecule has 0 saturated heterocycles. The van der Waals surface area contributed by atoms with Crippen LogP contribution in [0.4, 0.5) is 5.69 Å². The van der Waals surface area contributed by atoms with E-state index >= 15 is 0 Å².